The predicted molar refractivity (Wildman–Crippen MR) is 73.8 cm³/mol. The first kappa shape index (κ1) is 14.1. The largest absolute Gasteiger partial charge is 0.482 e. The van der Waals surface area contributed by atoms with Crippen LogP contribution in [0.15, 0.2) is 39.5 Å². The van der Waals surface area contributed by atoms with E-state index in [0.717, 1.165) is 11.8 Å². The van der Waals surface area contributed by atoms with E-state index in [1.807, 2.05) is 13.8 Å². The number of ether oxygens (including phenoxy) is 2. The quantitative estimate of drug-likeness (QED) is 0.620. The van der Waals surface area contributed by atoms with E-state index in [9.17, 15) is 9.59 Å². The fourth-order valence-corrected chi connectivity index (χ4v) is 1.61. The highest BCUT2D eigenvalue weighted by atomic mass is 16.6. The van der Waals surface area contributed by atoms with E-state index in [2.05, 4.69) is 0 Å². The molecule has 0 radical (unpaired) electrons. The summed E-state index contributed by atoms with van der Waals surface area (Å²) in [5.74, 6) is 0.0295. The van der Waals surface area contributed by atoms with Crippen LogP contribution in [0, 0.1) is 0 Å². The molecular formula is C15H16O5. The molecule has 1 heterocycles. The molecule has 0 amide bonds. The van der Waals surface area contributed by atoms with Gasteiger partial charge in [-0.3, -0.25) is 0 Å². The molecule has 1 unspecified atom stereocenters. The average molecular weight is 276 g/mol. The van der Waals surface area contributed by atoms with Gasteiger partial charge in [-0.2, -0.15) is 0 Å². The first-order valence-corrected chi connectivity index (χ1v) is 6.44. The monoisotopic (exact) mass is 276 g/mol. The van der Waals surface area contributed by atoms with Gasteiger partial charge in [0.05, 0.1) is 6.10 Å². The second kappa shape index (κ2) is 6.23. The van der Waals surface area contributed by atoms with E-state index >= 15 is 0 Å². The zero-order valence-electron chi connectivity index (χ0n) is 11.4. The fraction of sp³-hybridized carbons (Fsp3) is 0.333. The van der Waals surface area contributed by atoms with Crippen molar-refractivity contribution in [2.24, 2.45) is 0 Å². The molecule has 0 aliphatic heterocycles. The molecular weight excluding hydrogens is 260 g/mol. The summed E-state index contributed by atoms with van der Waals surface area (Å²) in [5, 5.41) is 0.791. The molecule has 1 atom stereocenters. The molecule has 0 saturated heterocycles. The van der Waals surface area contributed by atoms with Crippen LogP contribution in [-0.4, -0.2) is 18.7 Å². The summed E-state index contributed by atoms with van der Waals surface area (Å²) in [4.78, 5) is 22.6. The summed E-state index contributed by atoms with van der Waals surface area (Å²) in [5.41, 5.74) is -0.00359. The Morgan fingerprint density at radius 1 is 1.30 bits per heavy atom. The van der Waals surface area contributed by atoms with Crippen molar-refractivity contribution in [1.29, 1.82) is 0 Å². The number of rotatable bonds is 5. The van der Waals surface area contributed by atoms with Crippen LogP contribution in [0.4, 0.5) is 0 Å². The molecule has 1 aromatic carbocycles. The Morgan fingerprint density at radius 3 is 2.80 bits per heavy atom. The van der Waals surface area contributed by atoms with Crippen molar-refractivity contribution >= 4 is 16.9 Å². The Kier molecular flexibility index (Phi) is 4.40. The summed E-state index contributed by atoms with van der Waals surface area (Å²) in [6, 6.07) is 8.06. The normalized spacial score (nSPS) is 12.1. The standard InChI is InChI=1S/C15H16O5/c1-3-10(2)19-15(17)9-18-12-6-4-11-5-7-14(16)20-13(11)8-12/h4-8,10H,3,9H2,1-2H3. The van der Waals surface area contributed by atoms with Crippen molar-refractivity contribution in [3.8, 4) is 5.75 Å². The lowest BCUT2D eigenvalue weighted by molar-refractivity contribution is -0.150. The molecule has 0 spiro atoms. The Hall–Kier alpha value is -2.30. The van der Waals surface area contributed by atoms with Crippen LogP contribution in [-0.2, 0) is 9.53 Å². The van der Waals surface area contributed by atoms with Gasteiger partial charge in [-0.05, 0) is 31.5 Å². The van der Waals surface area contributed by atoms with E-state index in [-0.39, 0.29) is 12.7 Å². The summed E-state index contributed by atoms with van der Waals surface area (Å²) >= 11 is 0. The van der Waals surface area contributed by atoms with Crippen LogP contribution < -0.4 is 10.4 Å². The number of carbonyl (C=O) groups is 1. The number of benzene rings is 1. The third-order valence-corrected chi connectivity index (χ3v) is 2.86. The van der Waals surface area contributed by atoms with Gasteiger partial charge >= 0.3 is 11.6 Å². The minimum absolute atomic E-state index is 0.124. The van der Waals surface area contributed by atoms with E-state index in [1.165, 1.54) is 6.07 Å². The number of fused-ring (bicyclic) bond motifs is 1. The maximum atomic E-state index is 11.5. The zero-order chi connectivity index (χ0) is 14.5. The van der Waals surface area contributed by atoms with Crippen LogP contribution >= 0.6 is 0 Å². The van der Waals surface area contributed by atoms with E-state index in [4.69, 9.17) is 13.9 Å². The third-order valence-electron chi connectivity index (χ3n) is 2.86. The SMILES string of the molecule is CCC(C)OC(=O)COc1ccc2ccc(=O)oc2c1. The highest BCUT2D eigenvalue weighted by Gasteiger charge is 2.09. The second-order valence-corrected chi connectivity index (χ2v) is 4.45. The smallest absolute Gasteiger partial charge is 0.344 e. The van der Waals surface area contributed by atoms with Gasteiger partial charge in [-0.15, -0.1) is 0 Å². The Morgan fingerprint density at radius 2 is 2.05 bits per heavy atom. The maximum Gasteiger partial charge on any atom is 0.344 e. The second-order valence-electron chi connectivity index (χ2n) is 4.45. The molecule has 106 valence electrons. The van der Waals surface area contributed by atoms with Gasteiger partial charge in [-0.1, -0.05) is 6.92 Å². The minimum atomic E-state index is -0.425. The highest BCUT2D eigenvalue weighted by molar-refractivity contribution is 5.78. The van der Waals surface area contributed by atoms with Gasteiger partial charge < -0.3 is 13.9 Å². The predicted octanol–water partition coefficient (Wildman–Crippen LogP) is 2.51. The zero-order valence-corrected chi connectivity index (χ0v) is 11.4. The van der Waals surface area contributed by atoms with Crippen LogP contribution in [0.3, 0.4) is 0 Å². The molecule has 20 heavy (non-hydrogen) atoms. The van der Waals surface area contributed by atoms with Gasteiger partial charge in [0.2, 0.25) is 0 Å². The topological polar surface area (TPSA) is 65.7 Å². The van der Waals surface area contributed by atoms with Crippen LogP contribution in [0.5, 0.6) is 5.75 Å². The molecule has 0 fully saturated rings. The van der Waals surface area contributed by atoms with Gasteiger partial charge in [0.25, 0.3) is 0 Å². The van der Waals surface area contributed by atoms with Crippen molar-refractivity contribution in [1.82, 2.24) is 0 Å². The van der Waals surface area contributed by atoms with Gasteiger partial charge in [0.15, 0.2) is 6.61 Å². The number of hydrogen-bond acceptors (Lipinski definition) is 5. The summed E-state index contributed by atoms with van der Waals surface area (Å²) in [7, 11) is 0. The van der Waals surface area contributed by atoms with E-state index in [0.29, 0.717) is 11.3 Å². The molecule has 0 aliphatic carbocycles. The van der Waals surface area contributed by atoms with Crippen LogP contribution in [0.2, 0.25) is 0 Å². The highest BCUT2D eigenvalue weighted by Crippen LogP contribution is 2.19. The van der Waals surface area contributed by atoms with E-state index < -0.39 is 11.6 Å². The molecule has 5 nitrogen and oxygen atoms in total. The summed E-state index contributed by atoms with van der Waals surface area (Å²) < 4.78 is 15.5. The number of carbonyl (C=O) groups excluding carboxylic acids is 1. The maximum absolute atomic E-state index is 11.5. The van der Waals surface area contributed by atoms with Crippen molar-refractivity contribution in [2.45, 2.75) is 26.4 Å². The molecule has 0 N–H and O–H groups in total. The summed E-state index contributed by atoms with van der Waals surface area (Å²) in [6.07, 6.45) is 0.632. The molecule has 0 aliphatic rings. The lowest BCUT2D eigenvalue weighted by Gasteiger charge is -2.11. The lowest BCUT2D eigenvalue weighted by Crippen LogP contribution is -2.20. The van der Waals surface area contributed by atoms with Crippen LogP contribution in [0.1, 0.15) is 20.3 Å². The Balaban J connectivity index is 2.03. The first-order valence-electron chi connectivity index (χ1n) is 6.44. The molecule has 5 heteroatoms. The molecule has 1 aromatic heterocycles. The Bertz CT molecular complexity index is 659. The Labute approximate surface area is 116 Å². The molecule has 0 saturated carbocycles. The van der Waals surface area contributed by atoms with Crippen molar-refractivity contribution in [3.05, 3.63) is 40.8 Å². The minimum Gasteiger partial charge on any atom is -0.482 e. The van der Waals surface area contributed by atoms with Crippen molar-refractivity contribution in [2.75, 3.05) is 6.61 Å². The van der Waals surface area contributed by atoms with Gasteiger partial charge in [-0.25, -0.2) is 9.59 Å². The van der Waals surface area contributed by atoms with Gasteiger partial charge in [0, 0.05) is 17.5 Å². The molecule has 2 rings (SSSR count). The number of esters is 1. The molecule has 0 bridgehead atoms. The van der Waals surface area contributed by atoms with Crippen LogP contribution in [0.25, 0.3) is 11.0 Å². The van der Waals surface area contributed by atoms with Crippen molar-refractivity contribution < 1.29 is 18.7 Å². The fourth-order valence-electron chi connectivity index (χ4n) is 1.61. The first-order chi connectivity index (χ1) is 9.58. The average Bonchev–Trinajstić information content (AvgIpc) is 2.44. The number of hydrogen-bond donors (Lipinski definition) is 0. The van der Waals surface area contributed by atoms with Gasteiger partial charge in [0.1, 0.15) is 11.3 Å². The van der Waals surface area contributed by atoms with Crippen molar-refractivity contribution in [3.63, 3.8) is 0 Å². The lowest BCUT2D eigenvalue weighted by atomic mass is 10.2. The van der Waals surface area contributed by atoms with E-state index in [1.54, 1.807) is 24.3 Å². The molecule has 2 aromatic rings. The third kappa shape index (κ3) is 3.60. The summed E-state index contributed by atoms with van der Waals surface area (Å²) in [6.45, 7) is 3.58.